The molecule has 0 radical (unpaired) electrons. The van der Waals surface area contributed by atoms with Crippen LogP contribution in [0.3, 0.4) is 0 Å². The van der Waals surface area contributed by atoms with Crippen molar-refractivity contribution >= 4 is 21.8 Å². The van der Waals surface area contributed by atoms with E-state index in [9.17, 15) is 4.79 Å². The quantitative estimate of drug-likeness (QED) is 0.809. The Morgan fingerprint density at radius 3 is 2.52 bits per heavy atom. The molecular weight excluding hydrogens is 354 g/mol. The van der Waals surface area contributed by atoms with Gasteiger partial charge in [-0.15, -0.1) is 0 Å². The summed E-state index contributed by atoms with van der Waals surface area (Å²) in [5.41, 5.74) is 2.35. The summed E-state index contributed by atoms with van der Waals surface area (Å²) in [6.07, 6.45) is -0.544. The largest absolute Gasteiger partial charge is 0.480 e. The van der Waals surface area contributed by atoms with E-state index in [0.29, 0.717) is 12.3 Å². The van der Waals surface area contributed by atoms with Gasteiger partial charge in [0.15, 0.2) is 6.10 Å². The lowest BCUT2D eigenvalue weighted by molar-refractivity contribution is -0.127. The molecule has 0 aromatic heterocycles. The Bertz CT molecular complexity index is 658. The molecule has 0 spiro atoms. The fourth-order valence-corrected chi connectivity index (χ4v) is 2.83. The lowest BCUT2D eigenvalue weighted by Gasteiger charge is -2.18. The van der Waals surface area contributed by atoms with Crippen molar-refractivity contribution in [3.8, 4) is 5.75 Å². The number of ether oxygens (including phenoxy) is 1. The Kier molecular flexibility index (Phi) is 6.22. The van der Waals surface area contributed by atoms with Crippen molar-refractivity contribution in [2.45, 2.75) is 32.8 Å². The SMILES string of the molecule is Cc1ccc(OC(C)C(=O)NCC(C)c2ccccc2)c(Br)c1. The Balaban J connectivity index is 1.87. The van der Waals surface area contributed by atoms with Gasteiger partial charge in [0.25, 0.3) is 5.91 Å². The van der Waals surface area contributed by atoms with Gasteiger partial charge in [0.2, 0.25) is 0 Å². The van der Waals surface area contributed by atoms with Crippen molar-refractivity contribution in [3.05, 3.63) is 64.1 Å². The van der Waals surface area contributed by atoms with Gasteiger partial charge < -0.3 is 10.1 Å². The summed E-state index contributed by atoms with van der Waals surface area (Å²) in [5, 5.41) is 2.95. The van der Waals surface area contributed by atoms with E-state index in [2.05, 4.69) is 40.3 Å². The fourth-order valence-electron chi connectivity index (χ4n) is 2.24. The Labute approximate surface area is 146 Å². The van der Waals surface area contributed by atoms with Crippen LogP contribution < -0.4 is 10.1 Å². The first kappa shape index (κ1) is 17.5. The number of aryl methyl sites for hydroxylation is 1. The third-order valence-electron chi connectivity index (χ3n) is 3.71. The van der Waals surface area contributed by atoms with E-state index in [1.165, 1.54) is 5.56 Å². The minimum absolute atomic E-state index is 0.111. The van der Waals surface area contributed by atoms with Crippen molar-refractivity contribution in [3.63, 3.8) is 0 Å². The molecule has 0 aliphatic rings. The molecule has 0 bridgehead atoms. The van der Waals surface area contributed by atoms with Crippen molar-refractivity contribution in [1.82, 2.24) is 5.32 Å². The van der Waals surface area contributed by atoms with Crippen LogP contribution in [0, 0.1) is 6.92 Å². The molecular formula is C19H22BrNO2. The van der Waals surface area contributed by atoms with Gasteiger partial charge in [-0.3, -0.25) is 4.79 Å². The van der Waals surface area contributed by atoms with E-state index in [0.717, 1.165) is 10.0 Å². The minimum Gasteiger partial charge on any atom is -0.480 e. The van der Waals surface area contributed by atoms with Crippen LogP contribution >= 0.6 is 15.9 Å². The molecule has 23 heavy (non-hydrogen) atoms. The molecule has 2 rings (SSSR count). The molecule has 2 aromatic rings. The molecule has 2 atom stereocenters. The smallest absolute Gasteiger partial charge is 0.260 e. The first-order chi connectivity index (χ1) is 11.0. The maximum absolute atomic E-state index is 12.2. The molecule has 0 fully saturated rings. The van der Waals surface area contributed by atoms with Gasteiger partial charge >= 0.3 is 0 Å². The molecule has 0 saturated carbocycles. The molecule has 2 unspecified atom stereocenters. The van der Waals surface area contributed by atoms with Crippen LogP contribution in [0.4, 0.5) is 0 Å². The second kappa shape index (κ2) is 8.16. The number of amides is 1. The third-order valence-corrected chi connectivity index (χ3v) is 4.33. The van der Waals surface area contributed by atoms with Crippen molar-refractivity contribution in [2.24, 2.45) is 0 Å². The number of carbonyl (C=O) groups excluding carboxylic acids is 1. The third kappa shape index (κ3) is 5.10. The van der Waals surface area contributed by atoms with E-state index >= 15 is 0 Å². The zero-order chi connectivity index (χ0) is 16.8. The Morgan fingerprint density at radius 2 is 1.87 bits per heavy atom. The molecule has 122 valence electrons. The molecule has 2 aromatic carbocycles. The standard InChI is InChI=1S/C19H22BrNO2/c1-13-9-10-18(17(20)11-13)23-15(3)19(22)21-12-14(2)16-7-5-4-6-8-16/h4-11,14-15H,12H2,1-3H3,(H,21,22). The van der Waals surface area contributed by atoms with Gasteiger partial charge in [-0.25, -0.2) is 0 Å². The number of rotatable bonds is 6. The highest BCUT2D eigenvalue weighted by atomic mass is 79.9. The zero-order valence-electron chi connectivity index (χ0n) is 13.7. The minimum atomic E-state index is -0.544. The fraction of sp³-hybridized carbons (Fsp3) is 0.316. The molecule has 1 N–H and O–H groups in total. The normalized spacial score (nSPS) is 13.2. The average molecular weight is 376 g/mol. The maximum Gasteiger partial charge on any atom is 0.260 e. The second-order valence-corrected chi connectivity index (χ2v) is 6.61. The average Bonchev–Trinajstić information content (AvgIpc) is 2.55. The van der Waals surface area contributed by atoms with Gasteiger partial charge in [0.05, 0.1) is 4.47 Å². The lowest BCUT2D eigenvalue weighted by atomic mass is 10.0. The van der Waals surface area contributed by atoms with Gasteiger partial charge in [-0.2, -0.15) is 0 Å². The number of hydrogen-bond acceptors (Lipinski definition) is 2. The van der Waals surface area contributed by atoms with E-state index in [1.54, 1.807) is 6.92 Å². The molecule has 0 aliphatic carbocycles. The summed E-state index contributed by atoms with van der Waals surface area (Å²) in [6.45, 7) is 6.45. The predicted octanol–water partition coefficient (Wildman–Crippen LogP) is 4.44. The monoisotopic (exact) mass is 375 g/mol. The van der Waals surface area contributed by atoms with Crippen LogP contribution in [-0.2, 0) is 4.79 Å². The molecule has 0 aliphatic heterocycles. The summed E-state index contributed by atoms with van der Waals surface area (Å²) in [7, 11) is 0. The van der Waals surface area contributed by atoms with Gasteiger partial charge in [0.1, 0.15) is 5.75 Å². The number of benzene rings is 2. The first-order valence-corrected chi connectivity index (χ1v) is 8.52. The molecule has 4 heteroatoms. The molecule has 3 nitrogen and oxygen atoms in total. The number of carbonyl (C=O) groups is 1. The van der Waals surface area contributed by atoms with Crippen molar-refractivity contribution in [2.75, 3.05) is 6.54 Å². The summed E-state index contributed by atoms with van der Waals surface area (Å²) >= 11 is 3.46. The molecule has 1 amide bonds. The highest BCUT2D eigenvalue weighted by molar-refractivity contribution is 9.10. The number of hydrogen-bond donors (Lipinski definition) is 1. The molecule has 0 heterocycles. The Morgan fingerprint density at radius 1 is 1.17 bits per heavy atom. The topological polar surface area (TPSA) is 38.3 Å². The van der Waals surface area contributed by atoms with Gasteiger partial charge in [-0.05, 0) is 59.0 Å². The van der Waals surface area contributed by atoms with E-state index in [4.69, 9.17) is 4.74 Å². The number of nitrogens with one attached hydrogen (secondary N) is 1. The predicted molar refractivity (Wildman–Crippen MR) is 96.8 cm³/mol. The Hall–Kier alpha value is -1.81. The number of halogens is 1. The van der Waals surface area contributed by atoms with Gasteiger partial charge in [-0.1, -0.05) is 43.3 Å². The summed E-state index contributed by atoms with van der Waals surface area (Å²) in [4.78, 5) is 12.2. The molecule has 0 saturated heterocycles. The summed E-state index contributed by atoms with van der Waals surface area (Å²) in [5.74, 6) is 0.827. The highest BCUT2D eigenvalue weighted by Crippen LogP contribution is 2.26. The van der Waals surface area contributed by atoms with E-state index < -0.39 is 6.10 Å². The highest BCUT2D eigenvalue weighted by Gasteiger charge is 2.17. The maximum atomic E-state index is 12.2. The van der Waals surface area contributed by atoms with Crippen LogP contribution in [0.5, 0.6) is 5.75 Å². The first-order valence-electron chi connectivity index (χ1n) is 7.73. The van der Waals surface area contributed by atoms with Gasteiger partial charge in [0, 0.05) is 6.54 Å². The lowest BCUT2D eigenvalue weighted by Crippen LogP contribution is -2.38. The van der Waals surface area contributed by atoms with Crippen molar-refractivity contribution in [1.29, 1.82) is 0 Å². The van der Waals surface area contributed by atoms with Crippen LogP contribution in [0.25, 0.3) is 0 Å². The van der Waals surface area contributed by atoms with E-state index in [1.807, 2.05) is 43.3 Å². The van der Waals surface area contributed by atoms with E-state index in [-0.39, 0.29) is 11.8 Å². The zero-order valence-corrected chi connectivity index (χ0v) is 15.3. The summed E-state index contributed by atoms with van der Waals surface area (Å²) < 4.78 is 6.60. The second-order valence-electron chi connectivity index (χ2n) is 5.75. The van der Waals surface area contributed by atoms with Crippen LogP contribution in [0.15, 0.2) is 53.0 Å². The van der Waals surface area contributed by atoms with Crippen LogP contribution in [0.2, 0.25) is 0 Å². The van der Waals surface area contributed by atoms with Crippen LogP contribution in [-0.4, -0.2) is 18.6 Å². The van der Waals surface area contributed by atoms with Crippen LogP contribution in [0.1, 0.15) is 30.9 Å². The summed E-state index contributed by atoms with van der Waals surface area (Å²) in [6, 6.07) is 15.9. The van der Waals surface area contributed by atoms with Crippen molar-refractivity contribution < 1.29 is 9.53 Å².